The van der Waals surface area contributed by atoms with Gasteiger partial charge in [0.25, 0.3) is 5.78 Å². The van der Waals surface area contributed by atoms with E-state index in [9.17, 15) is 19.5 Å². The molecule has 3 aromatic rings. The lowest BCUT2D eigenvalue weighted by molar-refractivity contribution is -0.132. The van der Waals surface area contributed by atoms with Crippen LogP contribution in [0.1, 0.15) is 38.1 Å². The van der Waals surface area contributed by atoms with Crippen molar-refractivity contribution in [3.8, 4) is 5.75 Å². The molecule has 0 saturated carbocycles. The largest absolute Gasteiger partial charge is 0.507 e. The number of aliphatic hydroxyl groups is 1. The van der Waals surface area contributed by atoms with E-state index in [2.05, 4.69) is 27.5 Å². The maximum atomic E-state index is 13.4. The van der Waals surface area contributed by atoms with Crippen LogP contribution in [0.15, 0.2) is 65.2 Å². The molecule has 1 atom stereocenters. The van der Waals surface area contributed by atoms with Gasteiger partial charge in [0.1, 0.15) is 23.0 Å². The number of esters is 1. The maximum absolute atomic E-state index is 13.4. The number of hydrogen-bond acceptors (Lipinski definition) is 8. The van der Waals surface area contributed by atoms with Crippen LogP contribution in [-0.4, -0.2) is 41.5 Å². The van der Waals surface area contributed by atoms with Crippen molar-refractivity contribution in [3.05, 3.63) is 92.4 Å². The maximum Gasteiger partial charge on any atom is 0.350 e. The molecule has 1 aromatic heterocycles. The Morgan fingerprint density at radius 2 is 1.92 bits per heavy atom. The second kappa shape index (κ2) is 10.7. The van der Waals surface area contributed by atoms with E-state index in [0.717, 1.165) is 15.8 Å². The Hall–Kier alpha value is -3.76. The number of benzene rings is 2. The molecule has 1 fully saturated rings. The molecule has 2 heterocycles. The molecule has 10 heteroatoms. The van der Waals surface area contributed by atoms with E-state index in [1.54, 1.807) is 56.3 Å². The number of thiazole rings is 1. The first kappa shape index (κ1) is 26.3. The molecule has 1 saturated heterocycles. The van der Waals surface area contributed by atoms with Crippen LogP contribution >= 0.6 is 27.3 Å². The minimum absolute atomic E-state index is 0.0239. The minimum Gasteiger partial charge on any atom is -0.507 e. The predicted molar refractivity (Wildman–Crippen MR) is 144 cm³/mol. The predicted octanol–water partition coefficient (Wildman–Crippen LogP) is 5.50. The fourth-order valence-electron chi connectivity index (χ4n) is 4.04. The number of carbonyl (C=O) groups is 3. The molecular weight excluding hydrogens is 560 g/mol. The van der Waals surface area contributed by atoms with Gasteiger partial charge in [0.15, 0.2) is 5.13 Å². The van der Waals surface area contributed by atoms with Crippen molar-refractivity contribution in [2.75, 3.05) is 18.6 Å². The molecular formula is C27H23BrN2O6S. The van der Waals surface area contributed by atoms with E-state index in [0.29, 0.717) is 28.1 Å². The molecule has 2 aromatic carbocycles. The zero-order chi connectivity index (χ0) is 26.9. The molecule has 1 aliphatic heterocycles. The molecule has 8 nitrogen and oxygen atoms in total. The normalized spacial score (nSPS) is 16.6. The summed E-state index contributed by atoms with van der Waals surface area (Å²) in [6.45, 7) is 6.95. The summed E-state index contributed by atoms with van der Waals surface area (Å²) >= 11 is 4.34. The average molecular weight is 583 g/mol. The summed E-state index contributed by atoms with van der Waals surface area (Å²) in [4.78, 5) is 45.1. The average Bonchev–Trinajstić information content (AvgIpc) is 3.39. The minimum atomic E-state index is -0.975. The number of amides is 1. The van der Waals surface area contributed by atoms with Crippen LogP contribution < -0.4 is 9.64 Å². The third kappa shape index (κ3) is 4.94. The van der Waals surface area contributed by atoms with Gasteiger partial charge in [-0.25, -0.2) is 9.78 Å². The number of aliphatic hydroxyl groups excluding tert-OH is 1. The highest BCUT2D eigenvalue weighted by molar-refractivity contribution is 9.10. The van der Waals surface area contributed by atoms with Crippen LogP contribution in [0.4, 0.5) is 5.13 Å². The molecule has 190 valence electrons. The number of anilines is 1. The number of halogens is 1. The van der Waals surface area contributed by atoms with E-state index in [-0.39, 0.29) is 27.9 Å². The van der Waals surface area contributed by atoms with Crippen molar-refractivity contribution in [2.45, 2.75) is 19.9 Å². The summed E-state index contributed by atoms with van der Waals surface area (Å²) in [5.74, 6) is -2.04. The summed E-state index contributed by atoms with van der Waals surface area (Å²) < 4.78 is 11.2. The highest BCUT2D eigenvalue weighted by atomic mass is 79.9. The van der Waals surface area contributed by atoms with Crippen molar-refractivity contribution in [1.82, 2.24) is 4.98 Å². The van der Waals surface area contributed by atoms with E-state index in [1.165, 1.54) is 18.1 Å². The van der Waals surface area contributed by atoms with Gasteiger partial charge in [0.2, 0.25) is 0 Å². The molecule has 0 unspecified atom stereocenters. The topological polar surface area (TPSA) is 106 Å². The Morgan fingerprint density at radius 1 is 1.22 bits per heavy atom. The van der Waals surface area contributed by atoms with Gasteiger partial charge in [-0.15, -0.1) is 0 Å². The van der Waals surface area contributed by atoms with Gasteiger partial charge >= 0.3 is 11.9 Å². The number of carbonyl (C=O) groups excluding carboxylic acids is 3. The Kier molecular flexibility index (Phi) is 7.60. The van der Waals surface area contributed by atoms with E-state index in [1.807, 2.05) is 0 Å². The van der Waals surface area contributed by atoms with Crippen molar-refractivity contribution < 1.29 is 29.0 Å². The van der Waals surface area contributed by atoms with Gasteiger partial charge in [0, 0.05) is 10.0 Å². The first-order valence-corrected chi connectivity index (χ1v) is 12.8. The summed E-state index contributed by atoms with van der Waals surface area (Å²) in [6.07, 6.45) is 1.45. The number of Topliss-reactive ketones (excluding diaryl/α,β-unsaturated/α-hetero) is 1. The lowest BCUT2D eigenvalue weighted by atomic mass is 9.94. The number of rotatable bonds is 7. The monoisotopic (exact) mass is 582 g/mol. The summed E-state index contributed by atoms with van der Waals surface area (Å²) in [7, 11) is 1.53. The second-order valence-electron chi connectivity index (χ2n) is 8.20. The lowest BCUT2D eigenvalue weighted by Gasteiger charge is -2.23. The molecule has 4 rings (SSSR count). The van der Waals surface area contributed by atoms with Crippen molar-refractivity contribution in [3.63, 3.8) is 0 Å². The van der Waals surface area contributed by atoms with Gasteiger partial charge in [-0.05, 0) is 55.3 Å². The molecule has 1 aliphatic rings. The van der Waals surface area contributed by atoms with Crippen molar-refractivity contribution >= 4 is 55.8 Å². The van der Waals surface area contributed by atoms with Gasteiger partial charge in [-0.2, -0.15) is 0 Å². The van der Waals surface area contributed by atoms with Crippen LogP contribution in [0.3, 0.4) is 0 Å². The number of methoxy groups -OCH3 is 1. The quantitative estimate of drug-likeness (QED) is 0.129. The van der Waals surface area contributed by atoms with Gasteiger partial charge < -0.3 is 14.6 Å². The standard InChI is InChI=1S/C27H23BrN2O6S/c1-5-12-36-26(34)24-15(3)29-27(37-24)30-21(16-6-8-17(28)9-7-16)20(23(32)25(30)33)22(31)19-11-10-18(35-4)13-14(19)2/h5-11,13,21,31H,1,12H2,2-4H3/t21-/m0/s1. The van der Waals surface area contributed by atoms with Crippen LogP contribution in [0.25, 0.3) is 5.76 Å². The molecule has 1 amide bonds. The van der Waals surface area contributed by atoms with Crippen molar-refractivity contribution in [2.24, 2.45) is 0 Å². The second-order valence-corrected chi connectivity index (χ2v) is 10.1. The lowest BCUT2D eigenvalue weighted by Crippen LogP contribution is -2.29. The molecule has 0 spiro atoms. The highest BCUT2D eigenvalue weighted by Gasteiger charge is 2.48. The fourth-order valence-corrected chi connectivity index (χ4v) is 5.29. The van der Waals surface area contributed by atoms with Crippen LogP contribution in [-0.2, 0) is 14.3 Å². The smallest absolute Gasteiger partial charge is 0.350 e. The summed E-state index contributed by atoms with van der Waals surface area (Å²) in [6, 6.07) is 11.1. The molecule has 0 bridgehead atoms. The number of ether oxygens (including phenoxy) is 2. The van der Waals surface area contributed by atoms with Crippen molar-refractivity contribution in [1.29, 1.82) is 0 Å². The van der Waals surface area contributed by atoms with E-state index in [4.69, 9.17) is 9.47 Å². The number of nitrogens with zero attached hydrogens (tertiary/aromatic N) is 2. The third-order valence-electron chi connectivity index (χ3n) is 5.83. The fraction of sp³-hybridized carbons (Fsp3) is 0.185. The SMILES string of the molecule is C=CCOC(=O)c1sc(N2C(=O)C(=O)C(=C(O)c3ccc(OC)cc3C)[C@@H]2c2ccc(Br)cc2)nc1C. The number of aromatic nitrogens is 1. The molecule has 37 heavy (non-hydrogen) atoms. The number of hydrogen-bond donors (Lipinski definition) is 1. The van der Waals surface area contributed by atoms with Crippen LogP contribution in [0.2, 0.25) is 0 Å². The van der Waals surface area contributed by atoms with Gasteiger partial charge in [-0.1, -0.05) is 52.1 Å². The highest BCUT2D eigenvalue weighted by Crippen LogP contribution is 2.44. The Morgan fingerprint density at radius 3 is 2.54 bits per heavy atom. The zero-order valence-electron chi connectivity index (χ0n) is 20.3. The van der Waals surface area contributed by atoms with Gasteiger partial charge in [0.05, 0.1) is 24.4 Å². The van der Waals surface area contributed by atoms with E-state index >= 15 is 0 Å². The molecule has 0 aliphatic carbocycles. The van der Waals surface area contributed by atoms with Crippen LogP contribution in [0.5, 0.6) is 5.75 Å². The van der Waals surface area contributed by atoms with E-state index < -0.39 is 23.7 Å². The molecule has 1 N–H and O–H groups in total. The number of aryl methyl sites for hydroxylation is 2. The Balaban J connectivity index is 1.89. The zero-order valence-corrected chi connectivity index (χ0v) is 22.7. The third-order valence-corrected chi connectivity index (χ3v) is 7.49. The Bertz CT molecular complexity index is 1440. The summed E-state index contributed by atoms with van der Waals surface area (Å²) in [5.41, 5.74) is 1.92. The number of ketones is 1. The van der Waals surface area contributed by atoms with Crippen LogP contribution in [0, 0.1) is 13.8 Å². The van der Waals surface area contributed by atoms with Gasteiger partial charge in [-0.3, -0.25) is 14.5 Å². The Labute approximate surface area is 226 Å². The summed E-state index contributed by atoms with van der Waals surface area (Å²) in [5, 5.41) is 11.5. The molecule has 0 radical (unpaired) electrons. The first-order valence-electron chi connectivity index (χ1n) is 11.1. The first-order chi connectivity index (χ1) is 17.7.